The van der Waals surface area contributed by atoms with E-state index in [4.69, 9.17) is 4.98 Å². The second-order valence-corrected chi connectivity index (χ2v) is 7.08. The maximum Gasteiger partial charge on any atom is 0.205 e. The Morgan fingerprint density at radius 3 is 2.86 bits per heavy atom. The number of hydrogen-bond donors (Lipinski definition) is 1. The normalized spacial score (nSPS) is 30.0. The Morgan fingerprint density at radius 1 is 1.24 bits per heavy atom. The van der Waals surface area contributed by atoms with Crippen LogP contribution in [-0.2, 0) is 6.42 Å². The Hall–Kier alpha value is -1.03. The monoisotopic (exact) mass is 288 g/mol. The zero-order chi connectivity index (χ0) is 14.2. The number of anilines is 1. The van der Waals surface area contributed by atoms with Gasteiger partial charge in [-0.2, -0.15) is 0 Å². The van der Waals surface area contributed by atoms with Gasteiger partial charge in [-0.1, -0.05) is 6.92 Å². The molecule has 2 atom stereocenters. The third-order valence-electron chi connectivity index (χ3n) is 5.47. The van der Waals surface area contributed by atoms with Crippen LogP contribution < -0.4 is 10.2 Å². The lowest BCUT2D eigenvalue weighted by atomic mass is 9.90. The smallest absolute Gasteiger partial charge is 0.205 e. The fraction of sp³-hybridized carbons (Fsp3) is 0.824. The molecule has 4 rings (SSSR count). The van der Waals surface area contributed by atoms with Crippen LogP contribution in [0.4, 0.5) is 5.95 Å². The molecule has 0 bridgehead atoms. The van der Waals surface area contributed by atoms with E-state index < -0.39 is 0 Å². The lowest BCUT2D eigenvalue weighted by molar-refractivity contribution is 0.325. The molecular weight excluding hydrogens is 260 g/mol. The Balaban J connectivity index is 1.53. The van der Waals surface area contributed by atoms with Gasteiger partial charge in [0, 0.05) is 31.4 Å². The summed E-state index contributed by atoms with van der Waals surface area (Å²) >= 11 is 0. The molecule has 4 nitrogen and oxygen atoms in total. The van der Waals surface area contributed by atoms with E-state index in [0.717, 1.165) is 24.4 Å². The number of aromatic nitrogens is 2. The first-order chi connectivity index (χ1) is 10.3. The standard InChI is InChI=1S/C17H28N4/c1-2-14-12-21(15-7-8-15)17(19-14)20-10-4-5-13(11-20)16-6-3-9-18-16/h12-13,15-16,18H,2-11H2,1H3. The zero-order valence-corrected chi connectivity index (χ0v) is 13.2. The summed E-state index contributed by atoms with van der Waals surface area (Å²) in [6.45, 7) is 5.82. The molecule has 2 aliphatic heterocycles. The molecule has 0 aromatic carbocycles. The van der Waals surface area contributed by atoms with Gasteiger partial charge in [0.25, 0.3) is 0 Å². The van der Waals surface area contributed by atoms with E-state index >= 15 is 0 Å². The van der Waals surface area contributed by atoms with Crippen molar-refractivity contribution in [2.75, 3.05) is 24.5 Å². The highest BCUT2D eigenvalue weighted by molar-refractivity contribution is 5.36. The predicted molar refractivity (Wildman–Crippen MR) is 85.8 cm³/mol. The number of piperidine rings is 1. The van der Waals surface area contributed by atoms with Gasteiger partial charge < -0.3 is 14.8 Å². The minimum Gasteiger partial charge on any atom is -0.342 e. The molecule has 3 heterocycles. The molecule has 2 unspecified atom stereocenters. The van der Waals surface area contributed by atoms with Crippen LogP contribution >= 0.6 is 0 Å². The van der Waals surface area contributed by atoms with E-state index in [9.17, 15) is 0 Å². The van der Waals surface area contributed by atoms with Crippen molar-refractivity contribution in [3.63, 3.8) is 0 Å². The first kappa shape index (κ1) is 13.6. The Morgan fingerprint density at radius 2 is 2.14 bits per heavy atom. The van der Waals surface area contributed by atoms with Gasteiger partial charge in [-0.05, 0) is 57.4 Å². The van der Waals surface area contributed by atoms with Crippen molar-refractivity contribution in [1.82, 2.24) is 14.9 Å². The molecule has 2 saturated heterocycles. The van der Waals surface area contributed by atoms with Crippen molar-refractivity contribution in [1.29, 1.82) is 0 Å². The van der Waals surface area contributed by atoms with Gasteiger partial charge in [0.05, 0.1) is 5.69 Å². The van der Waals surface area contributed by atoms with Crippen molar-refractivity contribution in [2.24, 2.45) is 5.92 Å². The minimum atomic E-state index is 0.734. The summed E-state index contributed by atoms with van der Waals surface area (Å²) in [4.78, 5) is 7.52. The number of hydrogen-bond acceptors (Lipinski definition) is 3. The van der Waals surface area contributed by atoms with E-state index in [-0.39, 0.29) is 0 Å². The SMILES string of the molecule is CCc1cn(C2CC2)c(N2CCCC(C3CCCN3)C2)n1. The molecular formula is C17H28N4. The van der Waals surface area contributed by atoms with Crippen molar-refractivity contribution in [2.45, 2.75) is 64.0 Å². The molecule has 3 aliphatic rings. The second-order valence-electron chi connectivity index (χ2n) is 7.08. The van der Waals surface area contributed by atoms with E-state index in [1.807, 2.05) is 0 Å². The zero-order valence-electron chi connectivity index (χ0n) is 13.2. The van der Waals surface area contributed by atoms with Crippen molar-refractivity contribution in [3.05, 3.63) is 11.9 Å². The molecule has 0 spiro atoms. The van der Waals surface area contributed by atoms with Crippen LogP contribution in [0.25, 0.3) is 0 Å². The molecule has 0 radical (unpaired) electrons. The maximum atomic E-state index is 4.94. The van der Waals surface area contributed by atoms with Crippen LogP contribution in [0.15, 0.2) is 6.20 Å². The third-order valence-corrected chi connectivity index (χ3v) is 5.47. The summed E-state index contributed by atoms with van der Waals surface area (Å²) in [6, 6.07) is 1.49. The highest BCUT2D eigenvalue weighted by Gasteiger charge is 2.33. The minimum absolute atomic E-state index is 0.734. The lowest BCUT2D eigenvalue weighted by Gasteiger charge is -2.36. The lowest BCUT2D eigenvalue weighted by Crippen LogP contribution is -2.44. The van der Waals surface area contributed by atoms with Crippen LogP contribution in [0.3, 0.4) is 0 Å². The van der Waals surface area contributed by atoms with Gasteiger partial charge in [-0.25, -0.2) is 4.98 Å². The molecule has 0 amide bonds. The summed E-state index contributed by atoms with van der Waals surface area (Å²) in [5.74, 6) is 2.08. The van der Waals surface area contributed by atoms with Crippen molar-refractivity contribution < 1.29 is 0 Å². The van der Waals surface area contributed by atoms with Gasteiger partial charge in [-0.15, -0.1) is 0 Å². The number of nitrogens with zero attached hydrogens (tertiary/aromatic N) is 3. The van der Waals surface area contributed by atoms with Crippen LogP contribution in [0.5, 0.6) is 0 Å². The van der Waals surface area contributed by atoms with E-state index in [1.54, 1.807) is 0 Å². The van der Waals surface area contributed by atoms with Gasteiger partial charge in [0.15, 0.2) is 0 Å². The molecule has 1 aromatic heterocycles. The molecule has 4 heteroatoms. The quantitative estimate of drug-likeness (QED) is 0.925. The molecule has 21 heavy (non-hydrogen) atoms. The second kappa shape index (κ2) is 5.64. The molecule has 1 aliphatic carbocycles. The van der Waals surface area contributed by atoms with Gasteiger partial charge in [0.2, 0.25) is 5.95 Å². The topological polar surface area (TPSA) is 33.1 Å². The summed E-state index contributed by atoms with van der Waals surface area (Å²) in [5.41, 5.74) is 1.26. The highest BCUT2D eigenvalue weighted by atomic mass is 15.3. The largest absolute Gasteiger partial charge is 0.342 e. The number of aryl methyl sites for hydroxylation is 1. The number of nitrogens with one attached hydrogen (secondary N) is 1. The fourth-order valence-electron chi connectivity index (χ4n) is 4.09. The summed E-state index contributed by atoms with van der Waals surface area (Å²) in [5, 5.41) is 3.71. The van der Waals surface area contributed by atoms with Gasteiger partial charge in [-0.3, -0.25) is 0 Å². The van der Waals surface area contributed by atoms with E-state index in [0.29, 0.717) is 0 Å². The Bertz CT molecular complexity index is 485. The Kier molecular flexibility index (Phi) is 3.66. The summed E-state index contributed by atoms with van der Waals surface area (Å²) in [6.07, 6.45) is 11.5. The number of imidazole rings is 1. The molecule has 1 N–H and O–H groups in total. The molecule has 116 valence electrons. The maximum absolute atomic E-state index is 4.94. The Labute approximate surface area is 127 Å². The molecule has 3 fully saturated rings. The highest BCUT2D eigenvalue weighted by Crippen LogP contribution is 2.39. The summed E-state index contributed by atoms with van der Waals surface area (Å²) in [7, 11) is 0. The molecule has 1 saturated carbocycles. The summed E-state index contributed by atoms with van der Waals surface area (Å²) < 4.78 is 2.48. The third kappa shape index (κ3) is 2.70. The van der Waals surface area contributed by atoms with Crippen LogP contribution in [0.1, 0.15) is 57.2 Å². The van der Waals surface area contributed by atoms with Crippen LogP contribution in [0, 0.1) is 5.92 Å². The molecule has 1 aromatic rings. The van der Waals surface area contributed by atoms with Crippen molar-refractivity contribution >= 4 is 5.95 Å². The van der Waals surface area contributed by atoms with E-state index in [2.05, 4.69) is 27.9 Å². The van der Waals surface area contributed by atoms with E-state index in [1.165, 1.54) is 69.8 Å². The first-order valence-corrected chi connectivity index (χ1v) is 8.91. The van der Waals surface area contributed by atoms with Gasteiger partial charge in [0.1, 0.15) is 0 Å². The van der Waals surface area contributed by atoms with Crippen LogP contribution in [-0.4, -0.2) is 35.2 Å². The number of rotatable bonds is 4. The van der Waals surface area contributed by atoms with Crippen molar-refractivity contribution in [3.8, 4) is 0 Å². The van der Waals surface area contributed by atoms with Crippen LogP contribution in [0.2, 0.25) is 0 Å². The average molecular weight is 288 g/mol. The fourth-order valence-corrected chi connectivity index (χ4v) is 4.09. The van der Waals surface area contributed by atoms with Gasteiger partial charge >= 0.3 is 0 Å². The average Bonchev–Trinajstić information content (AvgIpc) is 3.06. The first-order valence-electron chi connectivity index (χ1n) is 8.91. The predicted octanol–water partition coefficient (Wildman–Crippen LogP) is 2.75.